The highest BCUT2D eigenvalue weighted by molar-refractivity contribution is 5.76. The number of rotatable bonds is 4. The second kappa shape index (κ2) is 5.74. The van der Waals surface area contributed by atoms with Gasteiger partial charge in [0.05, 0.1) is 17.4 Å². The van der Waals surface area contributed by atoms with Gasteiger partial charge in [-0.25, -0.2) is 0 Å². The molecule has 0 aliphatic carbocycles. The Morgan fingerprint density at radius 2 is 1.85 bits per heavy atom. The minimum atomic E-state index is -0.308. The van der Waals surface area contributed by atoms with Gasteiger partial charge in [0.25, 0.3) is 5.56 Å². The normalized spacial score (nSPS) is 10.6. The van der Waals surface area contributed by atoms with Crippen LogP contribution in [0.25, 0.3) is 11.3 Å². The number of aldehydes is 1. The predicted molar refractivity (Wildman–Crippen MR) is 78.3 cm³/mol. The first-order valence-corrected chi connectivity index (χ1v) is 6.46. The first-order valence-electron chi connectivity index (χ1n) is 6.46. The van der Waals surface area contributed by atoms with Gasteiger partial charge in [0.1, 0.15) is 5.75 Å². The highest BCUT2D eigenvalue weighted by Gasteiger charge is 2.12. The Balaban J connectivity index is 2.60. The van der Waals surface area contributed by atoms with Crippen LogP contribution in [-0.4, -0.2) is 17.0 Å². The molecule has 0 aliphatic heterocycles. The smallest absolute Gasteiger partial charge is 0.261 e. The molecular weight excluding hydrogens is 254 g/mol. The molecule has 0 aliphatic rings. The van der Waals surface area contributed by atoms with Gasteiger partial charge in [0, 0.05) is 12.6 Å². The van der Waals surface area contributed by atoms with E-state index in [0.29, 0.717) is 6.29 Å². The van der Waals surface area contributed by atoms with E-state index in [-0.39, 0.29) is 17.2 Å². The topological polar surface area (TPSA) is 48.3 Å². The van der Waals surface area contributed by atoms with E-state index in [1.165, 1.54) is 10.6 Å². The molecule has 0 unspecified atom stereocenters. The maximum atomic E-state index is 12.0. The van der Waals surface area contributed by atoms with Crippen LogP contribution in [0.5, 0.6) is 5.75 Å². The van der Waals surface area contributed by atoms with Crippen LogP contribution in [0, 0.1) is 0 Å². The van der Waals surface area contributed by atoms with Crippen molar-refractivity contribution < 1.29 is 9.53 Å². The molecule has 4 heteroatoms. The summed E-state index contributed by atoms with van der Waals surface area (Å²) in [6.07, 6.45) is 0.616. The van der Waals surface area contributed by atoms with E-state index >= 15 is 0 Å². The van der Waals surface area contributed by atoms with Gasteiger partial charge in [0.2, 0.25) is 0 Å². The summed E-state index contributed by atoms with van der Waals surface area (Å²) in [5, 5.41) is 0. The van der Waals surface area contributed by atoms with Gasteiger partial charge < -0.3 is 9.30 Å². The van der Waals surface area contributed by atoms with Crippen LogP contribution in [0.3, 0.4) is 0 Å². The molecule has 20 heavy (non-hydrogen) atoms. The van der Waals surface area contributed by atoms with E-state index in [0.717, 1.165) is 17.0 Å². The first-order chi connectivity index (χ1) is 9.54. The van der Waals surface area contributed by atoms with Crippen molar-refractivity contribution in [2.45, 2.75) is 20.0 Å². The molecule has 4 nitrogen and oxygen atoms in total. The number of nitrogens with zero attached hydrogens (tertiary/aromatic N) is 1. The van der Waals surface area contributed by atoms with Crippen LogP contribution >= 0.6 is 0 Å². The first kappa shape index (κ1) is 14.1. The fourth-order valence-electron chi connectivity index (χ4n) is 2.05. The second-order valence-corrected chi connectivity index (χ2v) is 4.82. The van der Waals surface area contributed by atoms with E-state index in [1.807, 2.05) is 38.1 Å². The van der Waals surface area contributed by atoms with Crippen LogP contribution in [0.4, 0.5) is 0 Å². The third kappa shape index (κ3) is 2.64. The van der Waals surface area contributed by atoms with Crippen molar-refractivity contribution >= 4 is 6.29 Å². The number of aromatic nitrogens is 1. The Morgan fingerprint density at radius 3 is 2.50 bits per heavy atom. The Labute approximate surface area is 117 Å². The molecule has 0 atom stereocenters. The molecule has 0 saturated heterocycles. The molecule has 0 amide bonds. The van der Waals surface area contributed by atoms with Crippen molar-refractivity contribution in [2.24, 2.45) is 7.05 Å². The number of pyridine rings is 1. The molecule has 1 aromatic carbocycles. The van der Waals surface area contributed by atoms with Crippen molar-refractivity contribution in [3.63, 3.8) is 0 Å². The molecule has 0 fully saturated rings. The number of carbonyl (C=O) groups excluding carboxylic acids is 1. The van der Waals surface area contributed by atoms with Crippen LogP contribution in [-0.2, 0) is 7.05 Å². The number of hydrogen-bond donors (Lipinski definition) is 0. The van der Waals surface area contributed by atoms with Crippen LogP contribution in [0.1, 0.15) is 24.2 Å². The summed E-state index contributed by atoms with van der Waals surface area (Å²) in [5.74, 6) is 0.719. The molecule has 2 rings (SSSR count). The zero-order valence-corrected chi connectivity index (χ0v) is 11.8. The summed E-state index contributed by atoms with van der Waals surface area (Å²) in [6.45, 7) is 3.90. The van der Waals surface area contributed by atoms with Crippen LogP contribution < -0.4 is 10.3 Å². The largest absolute Gasteiger partial charge is 0.490 e. The average Bonchev–Trinajstić information content (AvgIpc) is 2.42. The van der Waals surface area contributed by atoms with E-state index < -0.39 is 0 Å². The molecule has 0 N–H and O–H groups in total. The van der Waals surface area contributed by atoms with E-state index in [1.54, 1.807) is 13.1 Å². The number of ether oxygens (including phenoxy) is 1. The molecule has 104 valence electrons. The molecule has 2 aromatic rings. The third-order valence-corrected chi connectivity index (χ3v) is 2.99. The molecule has 0 spiro atoms. The minimum Gasteiger partial charge on any atom is -0.490 e. The lowest BCUT2D eigenvalue weighted by molar-refractivity contribution is 0.112. The predicted octanol–water partition coefficient (Wildman–Crippen LogP) is 2.65. The maximum Gasteiger partial charge on any atom is 0.261 e. The quantitative estimate of drug-likeness (QED) is 0.803. The fourth-order valence-corrected chi connectivity index (χ4v) is 2.05. The van der Waals surface area contributed by atoms with Crippen molar-refractivity contribution in [3.05, 3.63) is 52.3 Å². The van der Waals surface area contributed by atoms with Gasteiger partial charge >= 0.3 is 0 Å². The maximum absolute atomic E-state index is 12.0. The summed E-state index contributed by atoms with van der Waals surface area (Å²) in [7, 11) is 1.65. The summed E-state index contributed by atoms with van der Waals surface area (Å²) >= 11 is 0. The van der Waals surface area contributed by atoms with Gasteiger partial charge in [-0.05, 0) is 38.1 Å². The lowest BCUT2D eigenvalue weighted by Gasteiger charge is -2.16. The highest BCUT2D eigenvalue weighted by atomic mass is 16.5. The summed E-state index contributed by atoms with van der Waals surface area (Å²) in [6, 6.07) is 10.8. The Morgan fingerprint density at radius 1 is 1.15 bits per heavy atom. The lowest BCUT2D eigenvalue weighted by atomic mass is 10.1. The van der Waals surface area contributed by atoms with E-state index in [2.05, 4.69) is 0 Å². The van der Waals surface area contributed by atoms with Crippen LogP contribution in [0.15, 0.2) is 41.2 Å². The molecule has 1 heterocycles. The molecule has 0 bridgehead atoms. The number of benzene rings is 1. The Bertz CT molecular complexity index is 686. The minimum absolute atomic E-state index is 0.0439. The van der Waals surface area contributed by atoms with Crippen molar-refractivity contribution in [1.82, 2.24) is 4.57 Å². The summed E-state index contributed by atoms with van der Waals surface area (Å²) in [4.78, 5) is 22.8. The van der Waals surface area contributed by atoms with E-state index in [4.69, 9.17) is 4.74 Å². The third-order valence-electron chi connectivity index (χ3n) is 2.99. The number of hydrogen-bond acceptors (Lipinski definition) is 3. The zero-order chi connectivity index (χ0) is 14.7. The Hall–Kier alpha value is -2.36. The lowest BCUT2D eigenvalue weighted by Crippen LogP contribution is -2.22. The average molecular weight is 271 g/mol. The van der Waals surface area contributed by atoms with Gasteiger partial charge in [-0.2, -0.15) is 0 Å². The fraction of sp³-hybridized carbons (Fsp3) is 0.250. The standard InChI is InChI=1S/C16H17NO3/c1-11(2)20-15-7-5-4-6-13(15)14-9-8-12(10-18)16(19)17(14)3/h4-11H,1-3H3. The molecular formula is C16H17NO3. The zero-order valence-electron chi connectivity index (χ0n) is 11.8. The van der Waals surface area contributed by atoms with Gasteiger partial charge in [0.15, 0.2) is 6.29 Å². The Kier molecular flexibility index (Phi) is 4.03. The number of para-hydroxylation sites is 1. The molecule has 0 radical (unpaired) electrons. The second-order valence-electron chi connectivity index (χ2n) is 4.82. The molecule has 1 aromatic heterocycles. The van der Waals surface area contributed by atoms with Crippen molar-refractivity contribution in [1.29, 1.82) is 0 Å². The van der Waals surface area contributed by atoms with Gasteiger partial charge in [-0.3, -0.25) is 9.59 Å². The van der Waals surface area contributed by atoms with Gasteiger partial charge in [-0.15, -0.1) is 0 Å². The van der Waals surface area contributed by atoms with Gasteiger partial charge in [-0.1, -0.05) is 12.1 Å². The SMILES string of the molecule is CC(C)Oc1ccccc1-c1ccc(C=O)c(=O)n1C. The summed E-state index contributed by atoms with van der Waals surface area (Å²) < 4.78 is 7.23. The molecule has 0 saturated carbocycles. The highest BCUT2D eigenvalue weighted by Crippen LogP contribution is 2.29. The van der Waals surface area contributed by atoms with Crippen LogP contribution in [0.2, 0.25) is 0 Å². The summed E-state index contributed by atoms with van der Waals surface area (Å²) in [5.41, 5.74) is 1.39. The monoisotopic (exact) mass is 271 g/mol. The number of carbonyl (C=O) groups is 1. The van der Waals surface area contributed by atoms with E-state index in [9.17, 15) is 9.59 Å². The van der Waals surface area contributed by atoms with Crippen molar-refractivity contribution in [3.8, 4) is 17.0 Å². The van der Waals surface area contributed by atoms with Crippen molar-refractivity contribution in [2.75, 3.05) is 0 Å².